The van der Waals surface area contributed by atoms with E-state index in [2.05, 4.69) is 10.4 Å². The van der Waals surface area contributed by atoms with E-state index in [4.69, 9.17) is 0 Å². The van der Waals surface area contributed by atoms with E-state index in [1.54, 1.807) is 31.0 Å². The van der Waals surface area contributed by atoms with Gasteiger partial charge in [-0.2, -0.15) is 18.3 Å². The van der Waals surface area contributed by atoms with Gasteiger partial charge in [-0.15, -0.1) is 0 Å². The summed E-state index contributed by atoms with van der Waals surface area (Å²) in [6.07, 6.45) is -0.852. The number of alkyl halides is 3. The Balaban J connectivity index is 2.13. The Kier molecular flexibility index (Phi) is 3.63. The van der Waals surface area contributed by atoms with Gasteiger partial charge < -0.3 is 5.32 Å². The summed E-state index contributed by atoms with van der Waals surface area (Å²) in [6.45, 7) is 2.83. The minimum Gasteiger partial charge on any atom is -0.311 e. The van der Waals surface area contributed by atoms with E-state index in [0.717, 1.165) is 5.56 Å². The predicted molar refractivity (Wildman–Crippen MR) is 60.9 cm³/mol. The lowest BCUT2D eigenvalue weighted by Crippen LogP contribution is -2.62. The van der Waals surface area contributed by atoms with Gasteiger partial charge in [0.1, 0.15) is 6.04 Å². The Bertz CT molecular complexity index is 401. The van der Waals surface area contributed by atoms with Gasteiger partial charge in [0.15, 0.2) is 0 Å². The van der Waals surface area contributed by atoms with E-state index in [-0.39, 0.29) is 6.54 Å². The van der Waals surface area contributed by atoms with Gasteiger partial charge in [-0.1, -0.05) is 0 Å². The standard InChI is InChI=1S/C11H17F3N4/c1-8-10(11(12,13)14)18(4-3-15-8)7-9-5-16-17(2)6-9/h5-6,8,10,15H,3-4,7H2,1-2H3/t8-,10-/m0/s1. The van der Waals surface area contributed by atoms with Crippen LogP contribution >= 0.6 is 0 Å². The molecule has 7 heteroatoms. The van der Waals surface area contributed by atoms with Gasteiger partial charge in [-0.3, -0.25) is 9.58 Å². The second-order valence-electron chi connectivity index (χ2n) is 4.72. The summed E-state index contributed by atoms with van der Waals surface area (Å²) >= 11 is 0. The SMILES string of the molecule is C[C@@H]1NCCN(Cc2cnn(C)c2)[C@@H]1C(F)(F)F. The summed E-state index contributed by atoms with van der Waals surface area (Å²) in [5, 5.41) is 6.86. The molecule has 0 aromatic carbocycles. The van der Waals surface area contributed by atoms with E-state index in [1.165, 1.54) is 4.90 Å². The predicted octanol–water partition coefficient (Wildman–Crippen LogP) is 1.14. The van der Waals surface area contributed by atoms with Gasteiger partial charge in [0.2, 0.25) is 0 Å². The quantitative estimate of drug-likeness (QED) is 0.868. The summed E-state index contributed by atoms with van der Waals surface area (Å²) in [4.78, 5) is 1.47. The third-order valence-corrected chi connectivity index (χ3v) is 3.21. The van der Waals surface area contributed by atoms with Crippen molar-refractivity contribution in [2.45, 2.75) is 31.7 Å². The Morgan fingerprint density at radius 2 is 2.22 bits per heavy atom. The zero-order chi connectivity index (χ0) is 13.3. The topological polar surface area (TPSA) is 33.1 Å². The molecule has 2 heterocycles. The lowest BCUT2D eigenvalue weighted by Gasteiger charge is -2.41. The van der Waals surface area contributed by atoms with Crippen molar-refractivity contribution in [3.05, 3.63) is 18.0 Å². The maximum Gasteiger partial charge on any atom is 0.405 e. The maximum absolute atomic E-state index is 13.0. The van der Waals surface area contributed by atoms with E-state index < -0.39 is 18.3 Å². The molecule has 1 aromatic heterocycles. The highest BCUT2D eigenvalue weighted by Crippen LogP contribution is 2.29. The molecule has 18 heavy (non-hydrogen) atoms. The van der Waals surface area contributed by atoms with Gasteiger partial charge >= 0.3 is 6.18 Å². The molecular weight excluding hydrogens is 245 g/mol. The minimum atomic E-state index is -4.21. The van der Waals surface area contributed by atoms with E-state index in [9.17, 15) is 13.2 Å². The molecule has 1 aliphatic rings. The molecule has 0 aliphatic carbocycles. The number of nitrogens with zero attached hydrogens (tertiary/aromatic N) is 3. The highest BCUT2D eigenvalue weighted by atomic mass is 19.4. The summed E-state index contributed by atoms with van der Waals surface area (Å²) in [7, 11) is 1.76. The molecule has 2 atom stereocenters. The first-order valence-corrected chi connectivity index (χ1v) is 5.89. The van der Waals surface area contributed by atoms with Crippen molar-refractivity contribution in [3.8, 4) is 0 Å². The summed E-state index contributed by atoms with van der Waals surface area (Å²) < 4.78 is 40.7. The van der Waals surface area contributed by atoms with Crippen LogP contribution in [0.1, 0.15) is 12.5 Å². The van der Waals surface area contributed by atoms with Gasteiger partial charge in [-0.25, -0.2) is 0 Å². The van der Waals surface area contributed by atoms with Crippen LogP contribution in [0.3, 0.4) is 0 Å². The zero-order valence-corrected chi connectivity index (χ0v) is 10.4. The number of halogens is 3. The highest BCUT2D eigenvalue weighted by molar-refractivity contribution is 5.05. The van der Waals surface area contributed by atoms with Crippen LogP contribution in [0.4, 0.5) is 13.2 Å². The van der Waals surface area contributed by atoms with Crippen molar-refractivity contribution in [3.63, 3.8) is 0 Å². The Hall–Kier alpha value is -1.08. The lowest BCUT2D eigenvalue weighted by atomic mass is 10.0. The molecule has 0 saturated carbocycles. The second kappa shape index (κ2) is 4.89. The monoisotopic (exact) mass is 262 g/mol. The number of hydrogen-bond acceptors (Lipinski definition) is 3. The summed E-state index contributed by atoms with van der Waals surface area (Å²) in [5.74, 6) is 0. The number of piperazine rings is 1. The largest absolute Gasteiger partial charge is 0.405 e. The van der Waals surface area contributed by atoms with Crippen LogP contribution in [0, 0.1) is 0 Å². The Morgan fingerprint density at radius 3 is 2.78 bits per heavy atom. The molecule has 1 saturated heterocycles. The van der Waals surface area contributed by atoms with Crippen molar-refractivity contribution < 1.29 is 13.2 Å². The van der Waals surface area contributed by atoms with Crippen molar-refractivity contribution in [1.82, 2.24) is 20.0 Å². The summed E-state index contributed by atoms with van der Waals surface area (Å²) in [6, 6.07) is -2.03. The first-order chi connectivity index (χ1) is 8.38. The first-order valence-electron chi connectivity index (χ1n) is 5.89. The third-order valence-electron chi connectivity index (χ3n) is 3.21. The van der Waals surface area contributed by atoms with Crippen LogP contribution in [-0.4, -0.2) is 46.0 Å². The Labute approximate surface area is 104 Å². The van der Waals surface area contributed by atoms with Crippen LogP contribution < -0.4 is 5.32 Å². The number of aromatic nitrogens is 2. The lowest BCUT2D eigenvalue weighted by molar-refractivity contribution is -0.197. The third kappa shape index (κ3) is 2.84. The molecule has 102 valence electrons. The van der Waals surface area contributed by atoms with Crippen LogP contribution in [-0.2, 0) is 13.6 Å². The number of nitrogens with one attached hydrogen (secondary N) is 1. The van der Waals surface area contributed by atoms with Gasteiger partial charge in [-0.05, 0) is 6.92 Å². The fourth-order valence-electron chi connectivity index (χ4n) is 2.46. The fraction of sp³-hybridized carbons (Fsp3) is 0.727. The molecule has 0 amide bonds. The van der Waals surface area contributed by atoms with Crippen molar-refractivity contribution in [2.75, 3.05) is 13.1 Å². The van der Waals surface area contributed by atoms with Crippen molar-refractivity contribution in [2.24, 2.45) is 7.05 Å². The maximum atomic E-state index is 13.0. The minimum absolute atomic E-state index is 0.282. The van der Waals surface area contributed by atoms with Crippen molar-refractivity contribution in [1.29, 1.82) is 0 Å². The van der Waals surface area contributed by atoms with Crippen LogP contribution in [0.2, 0.25) is 0 Å². The molecule has 4 nitrogen and oxygen atoms in total. The van der Waals surface area contributed by atoms with Crippen molar-refractivity contribution >= 4 is 0 Å². The van der Waals surface area contributed by atoms with Crippen LogP contribution in [0.25, 0.3) is 0 Å². The second-order valence-corrected chi connectivity index (χ2v) is 4.72. The van der Waals surface area contributed by atoms with E-state index in [1.807, 2.05) is 0 Å². The number of aryl methyl sites for hydroxylation is 1. The van der Waals surface area contributed by atoms with E-state index in [0.29, 0.717) is 13.1 Å². The molecular formula is C11H17F3N4. The van der Waals surface area contributed by atoms with Gasteiger partial charge in [0, 0.05) is 44.5 Å². The van der Waals surface area contributed by atoms with Gasteiger partial charge in [0.25, 0.3) is 0 Å². The average Bonchev–Trinajstić information content (AvgIpc) is 2.62. The molecule has 1 fully saturated rings. The summed E-state index contributed by atoms with van der Waals surface area (Å²) in [5.41, 5.74) is 0.806. The highest BCUT2D eigenvalue weighted by Gasteiger charge is 2.48. The molecule has 0 bridgehead atoms. The van der Waals surface area contributed by atoms with Crippen LogP contribution in [0.5, 0.6) is 0 Å². The molecule has 0 unspecified atom stereocenters. The smallest absolute Gasteiger partial charge is 0.311 e. The zero-order valence-electron chi connectivity index (χ0n) is 10.4. The average molecular weight is 262 g/mol. The van der Waals surface area contributed by atoms with Crippen LogP contribution in [0.15, 0.2) is 12.4 Å². The molecule has 0 spiro atoms. The molecule has 1 N–H and O–H groups in total. The first kappa shape index (κ1) is 13.4. The molecule has 0 radical (unpaired) electrons. The molecule has 2 rings (SSSR count). The van der Waals surface area contributed by atoms with E-state index >= 15 is 0 Å². The fourth-order valence-corrected chi connectivity index (χ4v) is 2.46. The number of rotatable bonds is 2. The van der Waals surface area contributed by atoms with Gasteiger partial charge in [0.05, 0.1) is 6.20 Å². The number of hydrogen-bond donors (Lipinski definition) is 1. The normalized spacial score (nSPS) is 26.5. The molecule has 1 aliphatic heterocycles. The Morgan fingerprint density at radius 1 is 1.50 bits per heavy atom. The molecule has 1 aromatic rings.